The molecule has 0 aromatic rings. The van der Waals surface area contributed by atoms with Gasteiger partial charge in [0.2, 0.25) is 0 Å². The Morgan fingerprint density at radius 1 is 1.09 bits per heavy atom. The van der Waals surface area contributed by atoms with Gasteiger partial charge in [-0.05, 0) is 64.7 Å². The van der Waals surface area contributed by atoms with Crippen molar-refractivity contribution in [3.8, 4) is 0 Å². The minimum absolute atomic E-state index is 0.0334. The standard InChI is InChI=1S/C19H30O3/c1-7-17(4)10-8-14-18(5)12-15(20)21-16(2,3)13(18)9-11-19(14,6)22-17/h7,13-14H,1,8-12H2,2-6H3/t13-,14+,17-,18-,19+/m0/s1. The van der Waals surface area contributed by atoms with Crippen LogP contribution in [0.15, 0.2) is 12.7 Å². The van der Waals surface area contributed by atoms with Crippen LogP contribution in [0, 0.1) is 17.3 Å². The first-order chi connectivity index (χ1) is 10.0. The van der Waals surface area contributed by atoms with Crippen molar-refractivity contribution in [3.05, 3.63) is 12.7 Å². The van der Waals surface area contributed by atoms with E-state index in [1.165, 1.54) is 0 Å². The van der Waals surface area contributed by atoms with Gasteiger partial charge in [-0.3, -0.25) is 4.79 Å². The van der Waals surface area contributed by atoms with Gasteiger partial charge in [0.1, 0.15) is 5.60 Å². The van der Waals surface area contributed by atoms with Crippen LogP contribution in [0.2, 0.25) is 0 Å². The van der Waals surface area contributed by atoms with Gasteiger partial charge >= 0.3 is 5.97 Å². The van der Waals surface area contributed by atoms with Crippen LogP contribution in [0.4, 0.5) is 0 Å². The van der Waals surface area contributed by atoms with Crippen LogP contribution in [0.3, 0.4) is 0 Å². The molecule has 0 N–H and O–H groups in total. The highest BCUT2D eigenvalue weighted by molar-refractivity contribution is 5.72. The zero-order valence-electron chi connectivity index (χ0n) is 14.7. The third kappa shape index (κ3) is 2.16. The Labute approximate surface area is 134 Å². The molecule has 2 heterocycles. The molecule has 0 unspecified atom stereocenters. The molecule has 2 saturated heterocycles. The van der Waals surface area contributed by atoms with E-state index >= 15 is 0 Å². The number of carbonyl (C=O) groups excluding carboxylic acids is 1. The van der Waals surface area contributed by atoms with Crippen molar-refractivity contribution >= 4 is 5.97 Å². The number of rotatable bonds is 1. The lowest BCUT2D eigenvalue weighted by molar-refractivity contribution is -0.267. The molecular formula is C19H30O3. The molecule has 0 amide bonds. The van der Waals surface area contributed by atoms with Crippen LogP contribution in [-0.2, 0) is 14.3 Å². The van der Waals surface area contributed by atoms with Crippen LogP contribution >= 0.6 is 0 Å². The Balaban J connectivity index is 1.98. The van der Waals surface area contributed by atoms with Gasteiger partial charge in [0.25, 0.3) is 0 Å². The van der Waals surface area contributed by atoms with E-state index in [2.05, 4.69) is 41.2 Å². The predicted octanol–water partition coefficient (Wildman–Crippen LogP) is 4.26. The molecule has 124 valence electrons. The summed E-state index contributed by atoms with van der Waals surface area (Å²) in [6.45, 7) is 14.8. The number of fused-ring (bicyclic) bond motifs is 3. The van der Waals surface area contributed by atoms with Gasteiger partial charge in [0.15, 0.2) is 0 Å². The van der Waals surface area contributed by atoms with E-state index in [0.29, 0.717) is 18.3 Å². The second kappa shape index (κ2) is 4.59. The van der Waals surface area contributed by atoms with Crippen LogP contribution in [-0.4, -0.2) is 22.8 Å². The number of carbonyl (C=O) groups is 1. The predicted molar refractivity (Wildman–Crippen MR) is 86.4 cm³/mol. The highest BCUT2D eigenvalue weighted by atomic mass is 16.6. The Hall–Kier alpha value is -0.830. The van der Waals surface area contributed by atoms with Crippen LogP contribution in [0.1, 0.15) is 66.7 Å². The van der Waals surface area contributed by atoms with Gasteiger partial charge in [0, 0.05) is 5.92 Å². The monoisotopic (exact) mass is 306 g/mol. The molecule has 0 spiro atoms. The summed E-state index contributed by atoms with van der Waals surface area (Å²) in [7, 11) is 0. The second-order valence-electron chi connectivity index (χ2n) is 8.87. The van der Waals surface area contributed by atoms with Gasteiger partial charge in [-0.25, -0.2) is 0 Å². The Kier molecular flexibility index (Phi) is 3.35. The zero-order chi connectivity index (χ0) is 16.4. The van der Waals surface area contributed by atoms with Crippen molar-refractivity contribution in [2.24, 2.45) is 17.3 Å². The molecule has 1 saturated carbocycles. The van der Waals surface area contributed by atoms with Gasteiger partial charge in [-0.1, -0.05) is 13.0 Å². The molecule has 2 aliphatic heterocycles. The van der Waals surface area contributed by atoms with Crippen LogP contribution in [0.5, 0.6) is 0 Å². The summed E-state index contributed by atoms with van der Waals surface area (Å²) in [6, 6.07) is 0. The fraction of sp³-hybridized carbons (Fsp3) is 0.842. The third-order valence-electron chi connectivity index (χ3n) is 6.83. The molecule has 0 radical (unpaired) electrons. The Bertz CT molecular complexity index is 511. The van der Waals surface area contributed by atoms with E-state index in [4.69, 9.17) is 9.47 Å². The SMILES string of the molecule is C=C[C@@]1(C)CC[C@@H]2[C@@]3(C)CC(=O)OC(C)(C)[C@@H]3CC[C@@]2(C)O1. The highest BCUT2D eigenvalue weighted by Gasteiger charge is 2.63. The summed E-state index contributed by atoms with van der Waals surface area (Å²) >= 11 is 0. The highest BCUT2D eigenvalue weighted by Crippen LogP contribution is 2.62. The molecule has 5 atom stereocenters. The van der Waals surface area contributed by atoms with Crippen molar-refractivity contribution in [1.82, 2.24) is 0 Å². The molecule has 22 heavy (non-hydrogen) atoms. The first kappa shape index (κ1) is 16.0. The fourth-order valence-electron chi connectivity index (χ4n) is 5.89. The number of cyclic esters (lactones) is 1. The molecule has 0 bridgehead atoms. The number of hydrogen-bond acceptors (Lipinski definition) is 3. The second-order valence-corrected chi connectivity index (χ2v) is 8.87. The molecule has 3 nitrogen and oxygen atoms in total. The quantitative estimate of drug-likeness (QED) is 0.536. The minimum atomic E-state index is -0.370. The first-order valence-electron chi connectivity index (χ1n) is 8.60. The molecule has 3 heteroatoms. The molecule has 3 aliphatic rings. The van der Waals surface area contributed by atoms with E-state index in [1.54, 1.807) is 0 Å². The number of hydrogen-bond donors (Lipinski definition) is 0. The molecule has 0 aromatic carbocycles. The van der Waals surface area contributed by atoms with Crippen molar-refractivity contribution in [3.63, 3.8) is 0 Å². The zero-order valence-corrected chi connectivity index (χ0v) is 14.7. The normalized spacial score (nSPS) is 50.5. The van der Waals surface area contributed by atoms with E-state index in [1.807, 2.05) is 6.08 Å². The van der Waals surface area contributed by atoms with Crippen LogP contribution in [0.25, 0.3) is 0 Å². The number of esters is 1. The van der Waals surface area contributed by atoms with Gasteiger partial charge < -0.3 is 9.47 Å². The Morgan fingerprint density at radius 3 is 2.36 bits per heavy atom. The van der Waals surface area contributed by atoms with Crippen molar-refractivity contribution in [2.45, 2.75) is 83.5 Å². The van der Waals surface area contributed by atoms with E-state index in [0.717, 1.165) is 25.7 Å². The van der Waals surface area contributed by atoms with E-state index < -0.39 is 0 Å². The molecule has 3 rings (SSSR count). The summed E-state index contributed by atoms with van der Waals surface area (Å²) in [4.78, 5) is 12.2. The van der Waals surface area contributed by atoms with Gasteiger partial charge in [-0.2, -0.15) is 0 Å². The summed E-state index contributed by atoms with van der Waals surface area (Å²) in [5.41, 5.74) is -0.807. The van der Waals surface area contributed by atoms with Crippen LogP contribution < -0.4 is 0 Å². The molecule has 1 aliphatic carbocycles. The molecular weight excluding hydrogens is 276 g/mol. The maximum absolute atomic E-state index is 12.2. The van der Waals surface area contributed by atoms with Crippen molar-refractivity contribution in [1.29, 1.82) is 0 Å². The maximum Gasteiger partial charge on any atom is 0.306 e. The molecule has 3 fully saturated rings. The lowest BCUT2D eigenvalue weighted by Crippen LogP contribution is -2.65. The largest absolute Gasteiger partial charge is 0.459 e. The average molecular weight is 306 g/mol. The summed E-state index contributed by atoms with van der Waals surface area (Å²) in [6.07, 6.45) is 6.63. The Morgan fingerprint density at radius 2 is 1.73 bits per heavy atom. The van der Waals surface area contributed by atoms with Crippen molar-refractivity contribution in [2.75, 3.05) is 0 Å². The van der Waals surface area contributed by atoms with E-state index in [-0.39, 0.29) is 28.2 Å². The lowest BCUT2D eigenvalue weighted by Gasteiger charge is -2.64. The summed E-state index contributed by atoms with van der Waals surface area (Å²) < 4.78 is 12.2. The number of ether oxygens (including phenoxy) is 2. The lowest BCUT2D eigenvalue weighted by atomic mass is 9.48. The van der Waals surface area contributed by atoms with E-state index in [9.17, 15) is 4.79 Å². The summed E-state index contributed by atoms with van der Waals surface area (Å²) in [5, 5.41) is 0. The summed E-state index contributed by atoms with van der Waals surface area (Å²) in [5.74, 6) is 0.761. The average Bonchev–Trinajstić information content (AvgIpc) is 2.35. The minimum Gasteiger partial charge on any atom is -0.459 e. The fourth-order valence-corrected chi connectivity index (χ4v) is 5.89. The van der Waals surface area contributed by atoms with Crippen molar-refractivity contribution < 1.29 is 14.3 Å². The van der Waals surface area contributed by atoms with Gasteiger partial charge in [0.05, 0.1) is 17.6 Å². The maximum atomic E-state index is 12.2. The smallest absolute Gasteiger partial charge is 0.306 e. The molecule has 0 aromatic heterocycles. The van der Waals surface area contributed by atoms with Gasteiger partial charge in [-0.15, -0.1) is 6.58 Å². The first-order valence-corrected chi connectivity index (χ1v) is 8.60. The third-order valence-corrected chi connectivity index (χ3v) is 6.83. The topological polar surface area (TPSA) is 35.5 Å².